The maximum Gasteiger partial charge on any atom is 0.332 e. The predicted octanol–water partition coefficient (Wildman–Crippen LogP) is 6.14. The second-order valence-electron chi connectivity index (χ2n) is 7.77. The van der Waals surface area contributed by atoms with Crippen LogP contribution in [0.2, 0.25) is 0 Å². The van der Waals surface area contributed by atoms with Gasteiger partial charge in [0.1, 0.15) is 0 Å². The fraction of sp³-hybridized carbons (Fsp3) is 1.00. The van der Waals surface area contributed by atoms with E-state index in [9.17, 15) is 0 Å². The zero-order valence-corrected chi connectivity index (χ0v) is 17.2. The molecule has 134 valence electrons. The highest BCUT2D eigenvalue weighted by atomic mass is 31.2. The summed E-state index contributed by atoms with van der Waals surface area (Å²) in [5.41, 5.74) is 0. The van der Waals surface area contributed by atoms with Crippen LogP contribution >= 0.6 is 8.60 Å². The highest BCUT2D eigenvalue weighted by Gasteiger charge is 2.20. The van der Waals surface area contributed by atoms with Crippen LogP contribution in [0.4, 0.5) is 0 Å². The third kappa shape index (κ3) is 10.2. The van der Waals surface area contributed by atoms with Gasteiger partial charge in [0.2, 0.25) is 0 Å². The lowest BCUT2D eigenvalue weighted by molar-refractivity contribution is 0.105. The zero-order valence-electron chi connectivity index (χ0n) is 16.3. The molecule has 0 aromatic heterocycles. The highest BCUT2D eigenvalue weighted by Crippen LogP contribution is 2.42. The van der Waals surface area contributed by atoms with Crippen LogP contribution in [-0.4, -0.2) is 19.8 Å². The van der Waals surface area contributed by atoms with Gasteiger partial charge in [-0.1, -0.05) is 62.3 Å². The lowest BCUT2D eigenvalue weighted by Crippen LogP contribution is -2.16. The van der Waals surface area contributed by atoms with Gasteiger partial charge in [-0.25, -0.2) is 0 Å². The molecule has 0 N–H and O–H groups in total. The molecule has 0 aliphatic carbocycles. The topological polar surface area (TPSA) is 27.7 Å². The van der Waals surface area contributed by atoms with Gasteiger partial charge in [-0.15, -0.1) is 0 Å². The van der Waals surface area contributed by atoms with Crippen LogP contribution in [0, 0.1) is 35.5 Å². The molecule has 4 heteroatoms. The predicted molar refractivity (Wildman–Crippen MR) is 96.8 cm³/mol. The van der Waals surface area contributed by atoms with Crippen molar-refractivity contribution in [3.63, 3.8) is 0 Å². The summed E-state index contributed by atoms with van der Waals surface area (Å²) in [6.45, 7) is 22.1. The third-order valence-electron chi connectivity index (χ3n) is 4.74. The van der Waals surface area contributed by atoms with Crippen LogP contribution in [0.25, 0.3) is 0 Å². The van der Waals surface area contributed by atoms with E-state index in [1.165, 1.54) is 0 Å². The van der Waals surface area contributed by atoms with E-state index in [1.54, 1.807) is 0 Å². The Labute approximate surface area is 140 Å². The van der Waals surface area contributed by atoms with Gasteiger partial charge in [-0.05, 0) is 35.5 Å². The van der Waals surface area contributed by atoms with Crippen molar-refractivity contribution in [2.45, 2.75) is 62.3 Å². The van der Waals surface area contributed by atoms with Crippen molar-refractivity contribution < 1.29 is 13.6 Å². The Kier molecular flexibility index (Phi) is 12.0. The van der Waals surface area contributed by atoms with E-state index < -0.39 is 8.60 Å². The minimum absolute atomic E-state index is 0.516. The molecule has 0 spiro atoms. The molecule has 0 bridgehead atoms. The van der Waals surface area contributed by atoms with Gasteiger partial charge in [-0.3, -0.25) is 0 Å². The molecule has 0 aliphatic rings. The number of rotatable bonds is 12. The summed E-state index contributed by atoms with van der Waals surface area (Å²) in [4.78, 5) is 0. The first kappa shape index (κ1) is 22.3. The Morgan fingerprint density at radius 1 is 0.500 bits per heavy atom. The molecule has 0 aromatic rings. The normalized spacial score (nSPS) is 18.0. The maximum absolute atomic E-state index is 5.95. The standard InChI is InChI=1S/C18H39O3P/c1-13(2)16(7)10-19-22(20-11-17(8)14(3)4)21-12-18(9)15(5)6/h13-18H,10-12H2,1-9H3. The third-order valence-corrected chi connectivity index (χ3v) is 5.82. The smallest absolute Gasteiger partial charge is 0.312 e. The summed E-state index contributed by atoms with van der Waals surface area (Å²) < 4.78 is 17.8. The van der Waals surface area contributed by atoms with Gasteiger partial charge in [0.05, 0.1) is 19.8 Å². The van der Waals surface area contributed by atoms with Gasteiger partial charge in [-0.2, -0.15) is 0 Å². The molecule has 0 amide bonds. The van der Waals surface area contributed by atoms with E-state index >= 15 is 0 Å². The summed E-state index contributed by atoms with van der Waals surface area (Å²) in [6, 6.07) is 0. The first-order valence-corrected chi connectivity index (χ1v) is 9.93. The molecular formula is C18H39O3P. The summed E-state index contributed by atoms with van der Waals surface area (Å²) in [5, 5.41) is 0. The molecule has 3 nitrogen and oxygen atoms in total. The summed E-state index contributed by atoms with van der Waals surface area (Å²) in [7, 11) is -1.23. The first-order chi connectivity index (χ1) is 10.1. The number of hydrogen-bond acceptors (Lipinski definition) is 3. The van der Waals surface area contributed by atoms with E-state index in [2.05, 4.69) is 62.3 Å². The van der Waals surface area contributed by atoms with E-state index in [1.807, 2.05) is 0 Å². The van der Waals surface area contributed by atoms with Gasteiger partial charge >= 0.3 is 8.60 Å². The Morgan fingerprint density at radius 2 is 0.727 bits per heavy atom. The van der Waals surface area contributed by atoms with Crippen LogP contribution < -0.4 is 0 Å². The maximum atomic E-state index is 5.95. The fourth-order valence-electron chi connectivity index (χ4n) is 1.22. The number of hydrogen-bond donors (Lipinski definition) is 0. The van der Waals surface area contributed by atoms with Crippen LogP contribution in [0.3, 0.4) is 0 Å². The fourth-order valence-corrected chi connectivity index (χ4v) is 2.52. The molecule has 22 heavy (non-hydrogen) atoms. The lowest BCUT2D eigenvalue weighted by atomic mass is 10.00. The van der Waals surface area contributed by atoms with Crippen molar-refractivity contribution in [2.75, 3.05) is 19.8 Å². The Balaban J connectivity index is 4.36. The minimum atomic E-state index is -1.23. The van der Waals surface area contributed by atoms with Crippen LogP contribution in [0.5, 0.6) is 0 Å². The van der Waals surface area contributed by atoms with E-state index in [-0.39, 0.29) is 0 Å². The van der Waals surface area contributed by atoms with Gasteiger partial charge in [0.25, 0.3) is 0 Å². The van der Waals surface area contributed by atoms with Crippen molar-refractivity contribution in [1.82, 2.24) is 0 Å². The minimum Gasteiger partial charge on any atom is -0.312 e. The summed E-state index contributed by atoms with van der Waals surface area (Å²) in [5.74, 6) is 3.38. The molecule has 0 aliphatic heterocycles. The largest absolute Gasteiger partial charge is 0.332 e. The average Bonchev–Trinajstić information content (AvgIpc) is 2.44. The molecular weight excluding hydrogens is 295 g/mol. The monoisotopic (exact) mass is 334 g/mol. The molecule has 3 atom stereocenters. The second kappa shape index (κ2) is 11.8. The Morgan fingerprint density at radius 3 is 0.909 bits per heavy atom. The lowest BCUT2D eigenvalue weighted by Gasteiger charge is -2.24. The van der Waals surface area contributed by atoms with Gasteiger partial charge in [0.15, 0.2) is 0 Å². The van der Waals surface area contributed by atoms with Crippen molar-refractivity contribution in [1.29, 1.82) is 0 Å². The molecule has 0 fully saturated rings. The molecule has 0 saturated carbocycles. The van der Waals surface area contributed by atoms with Crippen molar-refractivity contribution >= 4 is 8.60 Å². The molecule has 0 aromatic carbocycles. The van der Waals surface area contributed by atoms with Crippen LogP contribution in [-0.2, 0) is 13.6 Å². The molecule has 0 rings (SSSR count). The molecule has 0 radical (unpaired) electrons. The van der Waals surface area contributed by atoms with E-state index in [4.69, 9.17) is 13.6 Å². The SMILES string of the molecule is CC(C)C(C)COP(OCC(C)C(C)C)OCC(C)C(C)C. The van der Waals surface area contributed by atoms with Crippen molar-refractivity contribution in [3.8, 4) is 0 Å². The van der Waals surface area contributed by atoms with Crippen molar-refractivity contribution in [3.05, 3.63) is 0 Å². The highest BCUT2D eigenvalue weighted by molar-refractivity contribution is 7.41. The van der Waals surface area contributed by atoms with Crippen LogP contribution in [0.1, 0.15) is 62.3 Å². The van der Waals surface area contributed by atoms with E-state index in [0.717, 1.165) is 0 Å². The van der Waals surface area contributed by atoms with Crippen molar-refractivity contribution in [2.24, 2.45) is 35.5 Å². The van der Waals surface area contributed by atoms with Gasteiger partial charge < -0.3 is 13.6 Å². The average molecular weight is 334 g/mol. The molecule has 0 heterocycles. The molecule has 3 unspecified atom stereocenters. The zero-order chi connectivity index (χ0) is 17.3. The summed E-state index contributed by atoms with van der Waals surface area (Å²) in [6.07, 6.45) is 0. The van der Waals surface area contributed by atoms with Gasteiger partial charge in [0, 0.05) is 0 Å². The first-order valence-electron chi connectivity index (χ1n) is 8.83. The Bertz CT molecular complexity index is 226. The Hall–Kier alpha value is 0.310. The second-order valence-corrected chi connectivity index (χ2v) is 9.00. The van der Waals surface area contributed by atoms with E-state index in [0.29, 0.717) is 55.3 Å². The quantitative estimate of drug-likeness (QED) is 0.401. The van der Waals surface area contributed by atoms with Crippen LogP contribution in [0.15, 0.2) is 0 Å². The summed E-state index contributed by atoms with van der Waals surface area (Å²) >= 11 is 0. The molecule has 0 saturated heterocycles.